The normalized spacial score (nSPS) is 15.1. The fraction of sp³-hybridized carbons (Fsp3) is 0.414. The SMILES string of the molecule is CCC(C)c1ccc2c(-c3[c-]c(C)cc(C)c3)nccc2c1.CCC(C)c1ccc2c(-c3[c-]c(C)cc(C)c3)nccc2c1.O=C(C=C(O)C1CCCCC1)C1CCCCC1.[CH3-].[Cl][Ir+2].[Ir]. The average molecular weight is 1250 g/mol. The zero-order chi connectivity index (χ0) is 45.5. The summed E-state index contributed by atoms with van der Waals surface area (Å²) in [7, 11) is 4.64. The molecule has 2 unspecified atom stereocenters. The molecule has 6 aromatic rings. The third-order valence-electron chi connectivity index (χ3n) is 13.1. The maximum absolute atomic E-state index is 12.0. The Kier molecular flexibility index (Phi) is 24.0. The summed E-state index contributed by atoms with van der Waals surface area (Å²) in [6, 6.07) is 33.2. The van der Waals surface area contributed by atoms with E-state index in [1.54, 1.807) is 6.08 Å². The number of hydrogen-bond donors (Lipinski definition) is 1. The Morgan fingerprint density at radius 3 is 1.45 bits per heavy atom. The predicted molar refractivity (Wildman–Crippen MR) is 270 cm³/mol. The van der Waals surface area contributed by atoms with Crippen molar-refractivity contribution in [1.82, 2.24) is 9.97 Å². The summed E-state index contributed by atoms with van der Waals surface area (Å²) in [4.78, 5) is 21.3. The van der Waals surface area contributed by atoms with E-state index in [4.69, 9.17) is 0 Å². The van der Waals surface area contributed by atoms with Crippen molar-refractivity contribution in [1.29, 1.82) is 0 Å². The van der Waals surface area contributed by atoms with Crippen LogP contribution in [0.25, 0.3) is 44.1 Å². The van der Waals surface area contributed by atoms with Gasteiger partial charge in [-0.25, -0.2) is 0 Å². The minimum absolute atomic E-state index is 0. The van der Waals surface area contributed by atoms with Crippen molar-refractivity contribution in [2.75, 3.05) is 0 Å². The first-order valence-corrected chi connectivity index (χ1v) is 26.3. The summed E-state index contributed by atoms with van der Waals surface area (Å²) in [5.74, 6) is 2.17. The van der Waals surface area contributed by atoms with Crippen molar-refractivity contribution < 1.29 is 47.9 Å². The molecule has 0 saturated heterocycles. The Balaban J connectivity index is 0.000000252. The van der Waals surface area contributed by atoms with Gasteiger partial charge >= 0.3 is 27.5 Å². The summed E-state index contributed by atoms with van der Waals surface area (Å²) in [5, 5.41) is 14.9. The number of benzene rings is 4. The topological polar surface area (TPSA) is 63.1 Å². The van der Waals surface area contributed by atoms with Gasteiger partial charge in [-0.05, 0) is 107 Å². The molecule has 2 heterocycles. The standard InChI is InChI=1S/2C21H22N.C15H24O2.CH3.ClH.2Ir/c2*1-5-16(4)17-6-7-20-18(13-17)8-9-22-21(20)19-11-14(2)10-15(3)12-19;16-14(12-7-3-1-4-8-12)11-15(17)13-9-5-2-6-10-13;;;;/h2*6-11,13,16H,5H2,1-4H3;11-13,16H,1-10H2;1H3;1H;;/q2*-1;;-1;;;+3/p-1. The molecular formula is C58H71ClIr2N2O2-. The summed E-state index contributed by atoms with van der Waals surface area (Å²) >= 11 is 1.47. The fourth-order valence-corrected chi connectivity index (χ4v) is 9.12. The molecular weight excluding hydrogens is 1180 g/mol. The summed E-state index contributed by atoms with van der Waals surface area (Å²) in [6.07, 6.45) is 19.1. The van der Waals surface area contributed by atoms with Crippen molar-refractivity contribution in [2.24, 2.45) is 11.8 Å². The first kappa shape index (κ1) is 55.8. The van der Waals surface area contributed by atoms with Crippen molar-refractivity contribution >= 4 is 36.9 Å². The van der Waals surface area contributed by atoms with Crippen LogP contribution in [0.2, 0.25) is 0 Å². The van der Waals surface area contributed by atoms with Crippen LogP contribution < -0.4 is 0 Å². The zero-order valence-electron chi connectivity index (χ0n) is 40.2. The van der Waals surface area contributed by atoms with E-state index in [0.29, 0.717) is 17.6 Å². The van der Waals surface area contributed by atoms with Crippen LogP contribution in [-0.2, 0) is 42.8 Å². The second kappa shape index (κ2) is 28.0. The number of hydrogen-bond acceptors (Lipinski definition) is 4. The molecule has 4 aromatic carbocycles. The van der Waals surface area contributed by atoms with Crippen LogP contribution in [0.1, 0.15) is 150 Å². The van der Waals surface area contributed by atoms with Crippen LogP contribution in [0.15, 0.2) is 97.0 Å². The van der Waals surface area contributed by atoms with E-state index < -0.39 is 0 Å². The molecule has 0 bridgehead atoms. The van der Waals surface area contributed by atoms with Gasteiger partial charge in [-0.15, -0.1) is 69.8 Å². The van der Waals surface area contributed by atoms with E-state index in [1.807, 2.05) is 12.4 Å². The van der Waals surface area contributed by atoms with Gasteiger partial charge in [-0.3, -0.25) is 4.79 Å². The van der Waals surface area contributed by atoms with Crippen LogP contribution in [-0.4, -0.2) is 20.9 Å². The molecule has 2 atom stereocenters. The Bertz CT molecular complexity index is 2270. The maximum atomic E-state index is 12.0. The number of nitrogens with zero attached hydrogens (tertiary/aromatic N) is 2. The molecule has 4 nitrogen and oxygen atoms in total. The Hall–Kier alpha value is -3.50. The molecule has 0 spiro atoms. The predicted octanol–water partition coefficient (Wildman–Crippen LogP) is 17.0. The number of halogens is 1. The largest absolute Gasteiger partial charge is 0 e. The van der Waals surface area contributed by atoms with E-state index in [0.717, 1.165) is 72.2 Å². The van der Waals surface area contributed by atoms with Gasteiger partial charge < -0.3 is 22.5 Å². The van der Waals surface area contributed by atoms with Gasteiger partial charge in [0.05, 0.1) is 5.76 Å². The summed E-state index contributed by atoms with van der Waals surface area (Å²) in [6.45, 7) is 17.4. The average Bonchev–Trinajstić information content (AvgIpc) is 3.31. The number of aliphatic hydroxyl groups excluding tert-OH is 1. The van der Waals surface area contributed by atoms with E-state index in [1.165, 1.54) is 100 Å². The number of allylic oxidation sites excluding steroid dienone is 2. The van der Waals surface area contributed by atoms with E-state index >= 15 is 0 Å². The second-order valence-electron chi connectivity index (χ2n) is 18.0. The van der Waals surface area contributed by atoms with Gasteiger partial charge in [-0.2, -0.15) is 0 Å². The molecule has 2 aliphatic carbocycles. The monoisotopic (exact) mass is 1250 g/mol. The minimum atomic E-state index is 0. The number of pyridine rings is 2. The fourth-order valence-electron chi connectivity index (χ4n) is 9.12. The van der Waals surface area contributed by atoms with Crippen molar-refractivity contribution in [2.45, 2.75) is 144 Å². The summed E-state index contributed by atoms with van der Waals surface area (Å²) < 4.78 is 0. The number of carbonyl (C=O) groups is 1. The third-order valence-corrected chi connectivity index (χ3v) is 13.1. The van der Waals surface area contributed by atoms with E-state index in [9.17, 15) is 9.90 Å². The number of fused-ring (bicyclic) bond motifs is 2. The van der Waals surface area contributed by atoms with Crippen molar-refractivity contribution in [3.8, 4) is 22.5 Å². The van der Waals surface area contributed by atoms with Crippen LogP contribution in [0.4, 0.5) is 0 Å². The van der Waals surface area contributed by atoms with E-state index in [-0.39, 0.29) is 45.2 Å². The van der Waals surface area contributed by atoms with Crippen LogP contribution in [0, 0.1) is 59.1 Å². The number of ketones is 1. The smallest absolute Gasteiger partial charge is 0 e. The second-order valence-corrected chi connectivity index (χ2v) is 18.0. The molecule has 2 aromatic heterocycles. The van der Waals surface area contributed by atoms with Gasteiger partial charge in [0.15, 0.2) is 5.78 Å². The number of carbonyl (C=O) groups excluding carboxylic acids is 1. The molecule has 2 aliphatic rings. The number of rotatable bonds is 9. The van der Waals surface area contributed by atoms with Crippen molar-refractivity contribution in [3.63, 3.8) is 0 Å². The van der Waals surface area contributed by atoms with Crippen LogP contribution in [0.3, 0.4) is 0 Å². The Labute approximate surface area is 420 Å². The molecule has 0 aliphatic heterocycles. The molecule has 8 rings (SSSR count). The number of aliphatic hydroxyl groups is 1. The molecule has 2 saturated carbocycles. The molecule has 1 N–H and O–H groups in total. The number of aryl methyl sites for hydroxylation is 4. The molecule has 351 valence electrons. The first-order chi connectivity index (χ1) is 30.4. The van der Waals surface area contributed by atoms with Gasteiger partial charge in [0.1, 0.15) is 0 Å². The molecule has 7 heteroatoms. The molecule has 2 fully saturated rings. The minimum Gasteiger partial charge on any atom is 0 e. The van der Waals surface area contributed by atoms with Gasteiger partial charge in [0, 0.05) is 50.4 Å². The van der Waals surface area contributed by atoms with Crippen LogP contribution in [0.5, 0.6) is 0 Å². The van der Waals surface area contributed by atoms with Gasteiger partial charge in [0.2, 0.25) is 0 Å². The Morgan fingerprint density at radius 2 is 1.06 bits per heavy atom. The van der Waals surface area contributed by atoms with Crippen LogP contribution >= 0.6 is 9.58 Å². The molecule has 0 amide bonds. The Morgan fingerprint density at radius 1 is 0.662 bits per heavy atom. The molecule has 65 heavy (non-hydrogen) atoms. The third kappa shape index (κ3) is 15.8. The maximum Gasteiger partial charge on any atom is 0 e. The zero-order valence-corrected chi connectivity index (χ0v) is 45.8. The van der Waals surface area contributed by atoms with E-state index in [2.05, 4.69) is 160 Å². The van der Waals surface area contributed by atoms with Crippen molar-refractivity contribution in [3.05, 3.63) is 150 Å². The van der Waals surface area contributed by atoms with Gasteiger partial charge in [-0.1, -0.05) is 130 Å². The quantitative estimate of drug-likeness (QED) is 0.0890. The van der Waals surface area contributed by atoms with Gasteiger partial charge in [0.25, 0.3) is 0 Å². The summed E-state index contributed by atoms with van der Waals surface area (Å²) in [5.41, 5.74) is 11.8. The first-order valence-electron chi connectivity index (χ1n) is 23.3. The number of aromatic nitrogens is 2. The molecule has 1 radical (unpaired) electrons.